The number of benzene rings is 1. The molecule has 0 amide bonds. The van der Waals surface area contributed by atoms with Crippen LogP contribution < -0.4 is 0 Å². The van der Waals surface area contributed by atoms with Crippen molar-refractivity contribution in [3.8, 4) is 11.3 Å². The minimum atomic E-state index is -0.500. The van der Waals surface area contributed by atoms with Crippen LogP contribution in [-0.2, 0) is 10.2 Å². The van der Waals surface area contributed by atoms with Crippen LogP contribution in [0.25, 0.3) is 22.4 Å². The number of carbonyl (C=O) groups excluding carboxylic acids is 2. The van der Waals surface area contributed by atoms with Crippen molar-refractivity contribution < 1.29 is 19.1 Å². The van der Waals surface area contributed by atoms with E-state index < -0.39 is 6.61 Å². The molecule has 0 atom stereocenters. The van der Waals surface area contributed by atoms with Crippen molar-refractivity contribution in [1.29, 1.82) is 0 Å². The first-order valence-electron chi connectivity index (χ1n) is 18.0. The Hall–Kier alpha value is -3.35. The van der Waals surface area contributed by atoms with Gasteiger partial charge >= 0.3 is 0 Å². The quantitative estimate of drug-likeness (QED) is 0.0926. The molecule has 3 aromatic rings. The number of furan rings is 1. The lowest BCUT2D eigenvalue weighted by Gasteiger charge is -2.20. The van der Waals surface area contributed by atoms with Crippen molar-refractivity contribution in [2.45, 2.75) is 134 Å². The number of fused-ring (bicyclic) bond motifs is 1. The molecular weight excluding hydrogens is 644 g/mol. The van der Waals surface area contributed by atoms with Gasteiger partial charge in [-0.25, -0.2) is 4.98 Å². The van der Waals surface area contributed by atoms with E-state index >= 15 is 0 Å². The molecule has 3 rings (SSSR count). The number of carbonyl (C=O) groups is 2. The van der Waals surface area contributed by atoms with Crippen LogP contribution in [0.4, 0.5) is 0 Å². The first-order valence-corrected chi connectivity index (χ1v) is 18.4. The lowest BCUT2D eigenvalue weighted by molar-refractivity contribution is -0.117. The van der Waals surface area contributed by atoms with Crippen LogP contribution >= 0.6 is 11.6 Å². The van der Waals surface area contributed by atoms with Crippen LogP contribution in [0.15, 0.2) is 70.2 Å². The second kappa shape index (κ2) is 23.2. The summed E-state index contributed by atoms with van der Waals surface area (Å²) in [5.74, 6) is -0.107. The molecule has 278 valence electrons. The van der Waals surface area contributed by atoms with E-state index in [-0.39, 0.29) is 22.9 Å². The third-order valence-electron chi connectivity index (χ3n) is 7.42. The molecule has 50 heavy (non-hydrogen) atoms. The zero-order chi connectivity index (χ0) is 38.7. The number of hydrogen-bond acceptors (Lipinski definition) is 6. The summed E-state index contributed by atoms with van der Waals surface area (Å²) < 4.78 is 5.93. The van der Waals surface area contributed by atoms with Crippen molar-refractivity contribution >= 4 is 40.0 Å². The average molecular weight is 709 g/mol. The van der Waals surface area contributed by atoms with E-state index in [1.54, 1.807) is 6.07 Å². The molecular formula is C43H65ClN2O4. The molecule has 0 aliphatic carbocycles. The molecule has 0 fully saturated rings. The van der Waals surface area contributed by atoms with E-state index in [0.29, 0.717) is 32.9 Å². The minimum absolute atomic E-state index is 0.00842. The van der Waals surface area contributed by atoms with E-state index in [0.717, 1.165) is 35.4 Å². The van der Waals surface area contributed by atoms with Gasteiger partial charge in [0.05, 0.1) is 5.69 Å². The number of unbranched alkanes of at least 4 members (excludes halogenated alkanes) is 1. The number of aliphatic hydroxyl groups excluding tert-OH is 1. The molecule has 0 bridgehead atoms. The van der Waals surface area contributed by atoms with Gasteiger partial charge in [0.1, 0.15) is 12.1 Å². The highest BCUT2D eigenvalue weighted by Crippen LogP contribution is 2.35. The molecule has 1 aromatic carbocycles. The SMILES string of the molecule is C=C/C(=C\N=C(C)CCC)C(=O)CO.CC(C)C(=O)c1cc2nc(-c3ccc(Cl)cc3)cc(C(C)(C)C)c2o1.CCCC.CCCC(C)(C)C. The molecule has 2 heterocycles. The van der Waals surface area contributed by atoms with Crippen LogP contribution in [0, 0.1) is 11.3 Å². The Morgan fingerprint density at radius 1 is 0.960 bits per heavy atom. The third-order valence-corrected chi connectivity index (χ3v) is 7.67. The van der Waals surface area contributed by atoms with Crippen LogP contribution in [-0.4, -0.2) is 34.0 Å². The van der Waals surface area contributed by atoms with Gasteiger partial charge in [0.15, 0.2) is 17.1 Å². The van der Waals surface area contributed by atoms with E-state index in [2.05, 4.69) is 80.8 Å². The summed E-state index contributed by atoms with van der Waals surface area (Å²) in [6, 6.07) is 11.4. The predicted octanol–water partition coefficient (Wildman–Crippen LogP) is 12.8. The second-order valence-corrected chi connectivity index (χ2v) is 15.4. The van der Waals surface area contributed by atoms with Gasteiger partial charge in [-0.3, -0.25) is 14.6 Å². The van der Waals surface area contributed by atoms with Crippen molar-refractivity contribution in [2.75, 3.05) is 6.61 Å². The number of nitrogens with zero attached hydrogens (tertiary/aromatic N) is 2. The molecule has 6 nitrogen and oxygen atoms in total. The summed E-state index contributed by atoms with van der Waals surface area (Å²) in [6.07, 6.45) is 10.1. The van der Waals surface area contributed by atoms with E-state index in [9.17, 15) is 9.59 Å². The summed E-state index contributed by atoms with van der Waals surface area (Å²) in [6.45, 7) is 30.5. The van der Waals surface area contributed by atoms with Gasteiger partial charge in [-0.15, -0.1) is 0 Å². The predicted molar refractivity (Wildman–Crippen MR) is 216 cm³/mol. The van der Waals surface area contributed by atoms with Crippen molar-refractivity contribution in [3.05, 3.63) is 77.2 Å². The molecule has 1 N–H and O–H groups in total. The van der Waals surface area contributed by atoms with Gasteiger partial charge in [0.2, 0.25) is 5.78 Å². The number of aromatic nitrogens is 1. The lowest BCUT2D eigenvalue weighted by Crippen LogP contribution is -2.12. The van der Waals surface area contributed by atoms with Gasteiger partial charge in [0.25, 0.3) is 0 Å². The largest absolute Gasteiger partial charge is 0.451 e. The summed E-state index contributed by atoms with van der Waals surface area (Å²) in [7, 11) is 0. The second-order valence-electron chi connectivity index (χ2n) is 15.0. The Bertz CT molecular complexity index is 1530. The number of halogens is 1. The van der Waals surface area contributed by atoms with E-state index in [4.69, 9.17) is 26.1 Å². The Kier molecular flexibility index (Phi) is 21.6. The number of ketones is 2. The van der Waals surface area contributed by atoms with Crippen molar-refractivity contribution in [1.82, 2.24) is 4.98 Å². The van der Waals surface area contributed by atoms with Gasteiger partial charge < -0.3 is 9.52 Å². The van der Waals surface area contributed by atoms with Crippen LogP contribution in [0.3, 0.4) is 0 Å². The molecule has 2 aromatic heterocycles. The summed E-state index contributed by atoms with van der Waals surface area (Å²) in [5, 5.41) is 9.31. The fourth-order valence-electron chi connectivity index (χ4n) is 4.44. The standard InChI is InChI=1S/C21H22ClNO2.C11H17NO2.C7H16.C4H10/c1-12(2)19(24)18-11-17-20(25-18)15(21(3,4)5)10-16(23-17)13-6-8-14(22)9-7-13;1-4-6-9(3)12-7-10(5-2)11(14)8-13;1-5-6-7(2,3)4;1-3-4-2/h6-12H,1-5H3;5,7,13H,2,4,6,8H2,1,3H3;5-6H2,1-4H3;3-4H2,1-2H3/b;10-7+,12-9?;;. The lowest BCUT2D eigenvalue weighted by atomic mass is 9.86. The van der Waals surface area contributed by atoms with Gasteiger partial charge in [0, 0.05) is 45.6 Å². The molecule has 0 aliphatic heterocycles. The van der Waals surface area contributed by atoms with Crippen LogP contribution in [0.1, 0.15) is 145 Å². The monoisotopic (exact) mass is 708 g/mol. The van der Waals surface area contributed by atoms with E-state index in [1.165, 1.54) is 38.0 Å². The maximum absolute atomic E-state index is 12.3. The zero-order valence-corrected chi connectivity index (χ0v) is 34.1. The Balaban J connectivity index is 0.000000806. The van der Waals surface area contributed by atoms with Crippen molar-refractivity contribution in [2.24, 2.45) is 16.3 Å². The Morgan fingerprint density at radius 2 is 1.54 bits per heavy atom. The van der Waals surface area contributed by atoms with Gasteiger partial charge in [-0.05, 0) is 48.8 Å². The molecule has 7 heteroatoms. The Morgan fingerprint density at radius 3 is 1.94 bits per heavy atom. The summed E-state index contributed by atoms with van der Waals surface area (Å²) in [4.78, 5) is 32.2. The third kappa shape index (κ3) is 17.5. The maximum atomic E-state index is 12.3. The van der Waals surface area contributed by atoms with E-state index in [1.807, 2.05) is 51.1 Å². The topological polar surface area (TPSA) is 92.8 Å². The number of pyridine rings is 1. The number of allylic oxidation sites excluding steroid dienone is 1. The highest BCUT2D eigenvalue weighted by molar-refractivity contribution is 6.30. The van der Waals surface area contributed by atoms with Crippen LogP contribution in [0.5, 0.6) is 0 Å². The molecule has 0 radical (unpaired) electrons. The maximum Gasteiger partial charge on any atom is 0.200 e. The number of Topliss-reactive ketones (excluding diaryl/α,β-unsaturated/α-hetero) is 2. The smallest absolute Gasteiger partial charge is 0.200 e. The molecule has 0 saturated heterocycles. The zero-order valence-electron chi connectivity index (χ0n) is 33.3. The average Bonchev–Trinajstić information content (AvgIpc) is 3.48. The molecule has 0 saturated carbocycles. The first-order chi connectivity index (χ1) is 23.3. The van der Waals surface area contributed by atoms with Crippen molar-refractivity contribution in [3.63, 3.8) is 0 Å². The Labute approximate surface area is 308 Å². The fourth-order valence-corrected chi connectivity index (χ4v) is 4.57. The first kappa shape index (κ1) is 46.6. The number of aliphatic imine (C=N–C) groups is 1. The number of rotatable bonds is 11. The molecule has 0 spiro atoms. The highest BCUT2D eigenvalue weighted by Gasteiger charge is 2.24. The number of aliphatic hydroxyl groups is 1. The molecule has 0 aliphatic rings. The fraction of sp³-hybridized carbons (Fsp3) is 0.535. The van der Waals surface area contributed by atoms with Gasteiger partial charge in [-0.2, -0.15) is 0 Å². The summed E-state index contributed by atoms with van der Waals surface area (Å²) in [5.41, 5.74) is 5.99. The van der Waals surface area contributed by atoms with Gasteiger partial charge in [-0.1, -0.05) is 145 Å². The highest BCUT2D eigenvalue weighted by atomic mass is 35.5. The minimum Gasteiger partial charge on any atom is -0.451 e. The molecule has 0 unspecified atom stereocenters. The van der Waals surface area contributed by atoms with Crippen LogP contribution in [0.2, 0.25) is 5.02 Å². The number of hydrogen-bond donors (Lipinski definition) is 1. The normalized spacial score (nSPS) is 11.9. The summed E-state index contributed by atoms with van der Waals surface area (Å²) >= 11 is 5.99.